The molecule has 0 aromatic heterocycles. The van der Waals surface area contributed by atoms with E-state index in [2.05, 4.69) is 0 Å². The van der Waals surface area contributed by atoms with Gasteiger partial charge in [0.2, 0.25) is 3.79 Å². The second-order valence-electron chi connectivity index (χ2n) is 1.65. The number of hydrogen-bond donors (Lipinski definition) is 4. The molecule has 0 aliphatic rings. The van der Waals surface area contributed by atoms with Crippen molar-refractivity contribution in [3.63, 3.8) is 0 Å². The summed E-state index contributed by atoms with van der Waals surface area (Å²) in [6, 6.07) is 0. The van der Waals surface area contributed by atoms with Crippen molar-refractivity contribution in [1.29, 1.82) is 0 Å². The van der Waals surface area contributed by atoms with Gasteiger partial charge in [0.15, 0.2) is 5.44 Å². The lowest BCUT2D eigenvalue weighted by atomic mass is 10.8. The molecule has 0 saturated carbocycles. The van der Waals surface area contributed by atoms with Crippen LogP contribution < -0.4 is 4.49 Å². The van der Waals surface area contributed by atoms with Crippen LogP contribution in [-0.2, 0) is 4.57 Å². The van der Waals surface area contributed by atoms with E-state index >= 15 is 0 Å². The Kier molecular flexibility index (Phi) is 5.19. The standard InChI is InChI=1S/C2H5Cl3NO4PS/c3-2(4,5)1(7)12-6-11(8,9)10/h1,7H,(H3,6,8,9,10). The van der Waals surface area contributed by atoms with Crippen LogP contribution in [0.4, 0.5) is 0 Å². The summed E-state index contributed by atoms with van der Waals surface area (Å²) in [6.45, 7) is 0. The highest BCUT2D eigenvalue weighted by Gasteiger charge is 2.33. The zero-order chi connectivity index (χ0) is 9.99. The molecule has 10 heteroatoms. The van der Waals surface area contributed by atoms with Gasteiger partial charge in [-0.15, -0.1) is 0 Å². The zero-order valence-electron chi connectivity index (χ0n) is 5.32. The molecular formula is C2H5Cl3NO4PS. The average molecular weight is 276 g/mol. The molecule has 0 spiro atoms. The maximum Gasteiger partial charge on any atom is 0.410 e. The molecule has 74 valence electrons. The molecule has 0 fully saturated rings. The van der Waals surface area contributed by atoms with E-state index in [1.54, 1.807) is 4.49 Å². The number of aliphatic hydroxyl groups excluding tert-OH is 1. The number of rotatable bonds is 3. The summed E-state index contributed by atoms with van der Waals surface area (Å²) < 4.78 is 9.80. The fraction of sp³-hybridized carbons (Fsp3) is 1.00. The molecule has 4 N–H and O–H groups in total. The normalized spacial score (nSPS) is 16.2. The van der Waals surface area contributed by atoms with Crippen LogP contribution >= 0.6 is 54.5 Å². The molecule has 0 radical (unpaired) electrons. The Morgan fingerprint density at radius 2 is 1.83 bits per heavy atom. The molecule has 0 aromatic rings. The monoisotopic (exact) mass is 275 g/mol. The molecule has 0 aliphatic carbocycles. The minimum absolute atomic E-state index is 0.237. The predicted octanol–water partition coefficient (Wildman–Crippen LogP) is 1.01. The van der Waals surface area contributed by atoms with E-state index in [0.717, 1.165) is 0 Å². The Balaban J connectivity index is 3.89. The fourth-order valence-corrected chi connectivity index (χ4v) is 1.67. The van der Waals surface area contributed by atoms with Crippen molar-refractivity contribution in [2.75, 3.05) is 0 Å². The van der Waals surface area contributed by atoms with Crippen molar-refractivity contribution >= 4 is 54.5 Å². The predicted molar refractivity (Wildman–Crippen MR) is 49.1 cm³/mol. The van der Waals surface area contributed by atoms with Crippen molar-refractivity contribution in [3.05, 3.63) is 0 Å². The molecule has 0 heterocycles. The summed E-state index contributed by atoms with van der Waals surface area (Å²) in [4.78, 5) is 16.5. The van der Waals surface area contributed by atoms with Gasteiger partial charge >= 0.3 is 7.75 Å². The fourth-order valence-electron chi connectivity index (χ4n) is 0.185. The van der Waals surface area contributed by atoms with Gasteiger partial charge in [0, 0.05) is 0 Å². The van der Waals surface area contributed by atoms with E-state index < -0.39 is 17.0 Å². The highest BCUT2D eigenvalue weighted by molar-refractivity contribution is 8.02. The summed E-state index contributed by atoms with van der Waals surface area (Å²) in [5.41, 5.74) is -1.56. The molecule has 1 atom stereocenters. The first kappa shape index (κ1) is 13.3. The average Bonchev–Trinajstić information content (AvgIpc) is 1.78. The quantitative estimate of drug-likeness (QED) is 0.266. The highest BCUT2D eigenvalue weighted by atomic mass is 35.6. The molecule has 0 rings (SSSR count). The summed E-state index contributed by atoms with van der Waals surface area (Å²) in [7, 11) is -4.41. The SMILES string of the molecule is O=P(O)(O)NSC(O)C(Cl)(Cl)Cl. The van der Waals surface area contributed by atoms with Crippen LogP contribution in [-0.4, -0.2) is 24.1 Å². The van der Waals surface area contributed by atoms with Crippen LogP contribution in [0, 0.1) is 0 Å². The summed E-state index contributed by atoms with van der Waals surface area (Å²) in [6.07, 6.45) is 0. The molecule has 12 heavy (non-hydrogen) atoms. The first-order valence-corrected chi connectivity index (χ1v) is 5.99. The van der Waals surface area contributed by atoms with Gasteiger partial charge in [-0.25, -0.2) is 4.57 Å². The molecule has 0 aliphatic heterocycles. The van der Waals surface area contributed by atoms with Gasteiger partial charge in [-0.1, -0.05) is 34.8 Å². The van der Waals surface area contributed by atoms with Crippen LogP contribution in [0.2, 0.25) is 0 Å². The molecule has 0 aromatic carbocycles. The van der Waals surface area contributed by atoms with Crippen LogP contribution in [0.3, 0.4) is 0 Å². The summed E-state index contributed by atoms with van der Waals surface area (Å²) in [5, 5.41) is 8.91. The maximum absolute atomic E-state index is 10.2. The topological polar surface area (TPSA) is 89.8 Å². The van der Waals surface area contributed by atoms with Crippen molar-refractivity contribution in [1.82, 2.24) is 4.49 Å². The van der Waals surface area contributed by atoms with Crippen LogP contribution in [0.25, 0.3) is 0 Å². The minimum atomic E-state index is -4.41. The van der Waals surface area contributed by atoms with Crippen molar-refractivity contribution < 1.29 is 19.5 Å². The van der Waals surface area contributed by atoms with Gasteiger partial charge in [0.05, 0.1) is 0 Å². The van der Waals surface area contributed by atoms with Crippen LogP contribution in [0.5, 0.6) is 0 Å². The third-order valence-electron chi connectivity index (χ3n) is 0.563. The van der Waals surface area contributed by atoms with Crippen molar-refractivity contribution in [2.45, 2.75) is 9.23 Å². The van der Waals surface area contributed by atoms with E-state index in [-0.39, 0.29) is 11.9 Å². The highest BCUT2D eigenvalue weighted by Crippen LogP contribution is 2.39. The third kappa shape index (κ3) is 6.77. The maximum atomic E-state index is 10.2. The van der Waals surface area contributed by atoms with Gasteiger partial charge in [0.1, 0.15) is 0 Å². The van der Waals surface area contributed by atoms with Gasteiger partial charge in [-0.05, 0) is 11.9 Å². The van der Waals surface area contributed by atoms with E-state index in [1.807, 2.05) is 0 Å². The summed E-state index contributed by atoms with van der Waals surface area (Å²) in [5.74, 6) is 0. The first-order chi connectivity index (χ1) is 5.13. The Morgan fingerprint density at radius 3 is 2.08 bits per heavy atom. The molecule has 1 unspecified atom stereocenters. The Hall–Kier alpha value is 1.29. The Morgan fingerprint density at radius 1 is 1.42 bits per heavy atom. The van der Waals surface area contributed by atoms with Gasteiger partial charge in [-0.3, -0.25) is 0 Å². The van der Waals surface area contributed by atoms with Gasteiger partial charge in [0.25, 0.3) is 0 Å². The number of aliphatic hydroxyl groups is 1. The van der Waals surface area contributed by atoms with Gasteiger partial charge in [-0.2, -0.15) is 4.49 Å². The lowest BCUT2D eigenvalue weighted by molar-refractivity contribution is 0.267. The van der Waals surface area contributed by atoms with Crippen molar-refractivity contribution in [2.24, 2.45) is 0 Å². The smallest absolute Gasteiger partial charge is 0.377 e. The molecular weight excluding hydrogens is 271 g/mol. The van der Waals surface area contributed by atoms with E-state index in [0.29, 0.717) is 0 Å². The molecule has 0 amide bonds. The second-order valence-corrected chi connectivity index (χ2v) is 6.52. The number of alkyl halides is 3. The molecule has 0 saturated heterocycles. The summed E-state index contributed by atoms with van der Waals surface area (Å²) >= 11 is 15.8. The zero-order valence-corrected chi connectivity index (χ0v) is 9.30. The first-order valence-electron chi connectivity index (χ1n) is 2.36. The third-order valence-corrected chi connectivity index (χ3v) is 3.52. The van der Waals surface area contributed by atoms with Crippen molar-refractivity contribution in [3.8, 4) is 0 Å². The second kappa shape index (κ2) is 4.68. The van der Waals surface area contributed by atoms with Crippen LogP contribution in [0.1, 0.15) is 0 Å². The Labute approximate surface area is 87.7 Å². The van der Waals surface area contributed by atoms with E-state index in [9.17, 15) is 4.57 Å². The molecule has 5 nitrogen and oxygen atoms in total. The number of hydrogen-bond acceptors (Lipinski definition) is 3. The lowest BCUT2D eigenvalue weighted by Gasteiger charge is -2.18. The Bertz CT molecular complexity index is 191. The minimum Gasteiger partial charge on any atom is -0.377 e. The van der Waals surface area contributed by atoms with Crippen LogP contribution in [0.15, 0.2) is 0 Å². The lowest BCUT2D eigenvalue weighted by Crippen LogP contribution is -2.24. The van der Waals surface area contributed by atoms with Gasteiger partial charge < -0.3 is 14.9 Å². The molecule has 0 bridgehead atoms. The van der Waals surface area contributed by atoms with E-state index in [1.165, 1.54) is 0 Å². The van der Waals surface area contributed by atoms with E-state index in [4.69, 9.17) is 49.7 Å². The largest absolute Gasteiger partial charge is 0.410 e. The number of halogens is 3. The number of nitrogens with one attached hydrogen (secondary N) is 1.